The van der Waals surface area contributed by atoms with Crippen LogP contribution < -0.4 is 4.72 Å². The highest BCUT2D eigenvalue weighted by molar-refractivity contribution is 7.90. The van der Waals surface area contributed by atoms with Crippen molar-refractivity contribution >= 4 is 10.0 Å². The molecule has 1 saturated carbocycles. The Morgan fingerprint density at radius 1 is 1.32 bits per heavy atom. The monoisotopic (exact) mass is 323 g/mol. The fraction of sp³-hybridized carbons (Fsp3) is 0.688. The molecule has 0 aromatic carbocycles. The highest BCUT2D eigenvalue weighted by Crippen LogP contribution is 2.31. The van der Waals surface area contributed by atoms with Gasteiger partial charge < -0.3 is 0 Å². The van der Waals surface area contributed by atoms with Gasteiger partial charge in [-0.3, -0.25) is 9.88 Å². The second kappa shape index (κ2) is 6.26. The van der Waals surface area contributed by atoms with Crippen LogP contribution in [-0.4, -0.2) is 42.7 Å². The summed E-state index contributed by atoms with van der Waals surface area (Å²) in [6.45, 7) is 6.82. The summed E-state index contributed by atoms with van der Waals surface area (Å²) in [7, 11) is -3.13. The van der Waals surface area contributed by atoms with Gasteiger partial charge in [-0.15, -0.1) is 0 Å². The first-order chi connectivity index (χ1) is 10.5. The average molecular weight is 323 g/mol. The lowest BCUT2D eigenvalue weighted by molar-refractivity contribution is 0.293. The largest absolute Gasteiger partial charge is 0.296 e. The molecule has 1 N–H and O–H groups in total. The fourth-order valence-electron chi connectivity index (χ4n) is 3.25. The summed E-state index contributed by atoms with van der Waals surface area (Å²) >= 11 is 0. The molecule has 0 amide bonds. The normalized spacial score (nSPS) is 26.7. The Morgan fingerprint density at radius 2 is 2.09 bits per heavy atom. The van der Waals surface area contributed by atoms with Crippen molar-refractivity contribution < 1.29 is 8.42 Å². The number of hydrogen-bond acceptors (Lipinski definition) is 4. The molecule has 0 unspecified atom stereocenters. The van der Waals surface area contributed by atoms with E-state index in [-0.39, 0.29) is 11.3 Å². The summed E-state index contributed by atoms with van der Waals surface area (Å²) in [6.07, 6.45) is 3.43. The van der Waals surface area contributed by atoms with Crippen LogP contribution in [0.3, 0.4) is 0 Å². The molecule has 2 fully saturated rings. The van der Waals surface area contributed by atoms with Crippen LogP contribution in [0.15, 0.2) is 24.4 Å². The van der Waals surface area contributed by atoms with Gasteiger partial charge in [-0.2, -0.15) is 0 Å². The van der Waals surface area contributed by atoms with Crippen LogP contribution in [0.4, 0.5) is 0 Å². The topological polar surface area (TPSA) is 62.3 Å². The van der Waals surface area contributed by atoms with Crippen LogP contribution in [0.1, 0.15) is 32.4 Å². The van der Waals surface area contributed by atoms with Crippen molar-refractivity contribution in [2.24, 2.45) is 11.8 Å². The van der Waals surface area contributed by atoms with Crippen LogP contribution in [-0.2, 0) is 16.6 Å². The van der Waals surface area contributed by atoms with Crippen LogP contribution in [0.25, 0.3) is 0 Å². The first kappa shape index (κ1) is 15.9. The van der Waals surface area contributed by atoms with E-state index in [2.05, 4.69) is 28.5 Å². The molecular formula is C16H25N3O2S. The van der Waals surface area contributed by atoms with Crippen LogP contribution >= 0.6 is 0 Å². The quantitative estimate of drug-likeness (QED) is 0.864. The molecule has 2 aliphatic rings. The van der Waals surface area contributed by atoms with Crippen LogP contribution in [0.2, 0.25) is 0 Å². The number of likely N-dealkylation sites (tertiary alicyclic amines) is 1. The van der Waals surface area contributed by atoms with E-state index in [0.717, 1.165) is 38.2 Å². The summed E-state index contributed by atoms with van der Waals surface area (Å²) in [5.74, 6) is 0.817. The van der Waals surface area contributed by atoms with Gasteiger partial charge >= 0.3 is 0 Å². The van der Waals surface area contributed by atoms with Gasteiger partial charge in [0.05, 0.1) is 10.9 Å². The maximum Gasteiger partial charge on any atom is 0.214 e. The maximum absolute atomic E-state index is 12.2. The zero-order valence-corrected chi connectivity index (χ0v) is 14.1. The van der Waals surface area contributed by atoms with E-state index in [4.69, 9.17) is 0 Å². The van der Waals surface area contributed by atoms with Crippen molar-refractivity contribution in [3.8, 4) is 0 Å². The molecule has 1 aliphatic heterocycles. The third kappa shape index (κ3) is 3.67. The smallest absolute Gasteiger partial charge is 0.214 e. The van der Waals surface area contributed by atoms with Crippen molar-refractivity contribution in [2.75, 3.05) is 13.1 Å². The van der Waals surface area contributed by atoms with E-state index in [1.807, 2.05) is 18.2 Å². The summed E-state index contributed by atoms with van der Waals surface area (Å²) in [4.78, 5) is 6.68. The van der Waals surface area contributed by atoms with E-state index in [0.29, 0.717) is 11.8 Å². The Morgan fingerprint density at radius 3 is 2.68 bits per heavy atom. The molecule has 0 radical (unpaired) electrons. The summed E-state index contributed by atoms with van der Waals surface area (Å²) < 4.78 is 27.5. The van der Waals surface area contributed by atoms with Crippen molar-refractivity contribution in [1.82, 2.24) is 14.6 Å². The highest BCUT2D eigenvalue weighted by Gasteiger charge is 2.42. The van der Waals surface area contributed by atoms with Gasteiger partial charge in [0, 0.05) is 31.9 Å². The molecule has 6 heteroatoms. The third-order valence-corrected chi connectivity index (χ3v) is 6.67. The summed E-state index contributed by atoms with van der Waals surface area (Å²) in [6, 6.07) is 5.95. The maximum atomic E-state index is 12.2. The number of aromatic nitrogens is 1. The van der Waals surface area contributed by atoms with E-state index < -0.39 is 10.0 Å². The number of pyridine rings is 1. The zero-order chi connectivity index (χ0) is 15.7. The molecule has 22 heavy (non-hydrogen) atoms. The van der Waals surface area contributed by atoms with Crippen molar-refractivity contribution in [3.05, 3.63) is 30.1 Å². The SMILES string of the molecule is CC(C)[C@@H]1CN(Cc2ccccn2)C[C@H]1NS(=O)(=O)C1CC1. The van der Waals surface area contributed by atoms with Gasteiger partial charge in [0.15, 0.2) is 0 Å². The first-order valence-corrected chi connectivity index (χ1v) is 9.64. The average Bonchev–Trinajstić information content (AvgIpc) is 3.24. The first-order valence-electron chi connectivity index (χ1n) is 8.09. The number of nitrogens with one attached hydrogen (secondary N) is 1. The van der Waals surface area contributed by atoms with Gasteiger partial charge in [-0.1, -0.05) is 19.9 Å². The standard InChI is InChI=1S/C16H25N3O2S/c1-12(2)15-10-19(9-13-5-3-4-8-17-13)11-16(15)18-22(20,21)14-6-7-14/h3-5,8,12,14-16,18H,6-7,9-11H2,1-2H3/t15-,16+/m0/s1. The molecule has 0 bridgehead atoms. The van der Waals surface area contributed by atoms with Crippen LogP contribution in [0, 0.1) is 11.8 Å². The van der Waals surface area contributed by atoms with Gasteiger partial charge in [0.2, 0.25) is 10.0 Å². The minimum atomic E-state index is -3.13. The highest BCUT2D eigenvalue weighted by atomic mass is 32.2. The number of hydrogen-bond donors (Lipinski definition) is 1. The minimum absolute atomic E-state index is 0.0225. The Kier molecular flexibility index (Phi) is 4.52. The summed E-state index contributed by atoms with van der Waals surface area (Å²) in [5.41, 5.74) is 1.04. The second-order valence-electron chi connectivity index (χ2n) is 6.89. The zero-order valence-electron chi connectivity index (χ0n) is 13.3. The van der Waals surface area contributed by atoms with Crippen molar-refractivity contribution in [1.29, 1.82) is 0 Å². The summed E-state index contributed by atoms with van der Waals surface area (Å²) in [5, 5.41) is -0.148. The Hall–Kier alpha value is -0.980. The Labute approximate surface area is 133 Å². The van der Waals surface area contributed by atoms with E-state index in [1.165, 1.54) is 0 Å². The molecule has 3 rings (SSSR count). The Balaban J connectivity index is 1.67. The fourth-order valence-corrected chi connectivity index (χ4v) is 4.87. The lowest BCUT2D eigenvalue weighted by Crippen LogP contribution is -2.43. The lowest BCUT2D eigenvalue weighted by Gasteiger charge is -2.22. The number of nitrogens with zero attached hydrogens (tertiary/aromatic N) is 2. The van der Waals surface area contributed by atoms with Gasteiger partial charge in [-0.05, 0) is 36.8 Å². The molecule has 0 spiro atoms. The number of sulfonamides is 1. The molecule has 1 aromatic rings. The third-order valence-electron chi connectivity index (χ3n) is 4.69. The second-order valence-corrected chi connectivity index (χ2v) is 8.88. The molecular weight excluding hydrogens is 298 g/mol. The number of rotatable bonds is 6. The van der Waals surface area contributed by atoms with Gasteiger partial charge in [0.1, 0.15) is 0 Å². The molecule has 2 heterocycles. The molecule has 5 nitrogen and oxygen atoms in total. The minimum Gasteiger partial charge on any atom is -0.296 e. The van der Waals surface area contributed by atoms with Crippen molar-refractivity contribution in [3.63, 3.8) is 0 Å². The Bertz CT molecular complexity index is 599. The van der Waals surface area contributed by atoms with Crippen molar-refractivity contribution in [2.45, 2.75) is 44.5 Å². The van der Waals surface area contributed by atoms with E-state index in [1.54, 1.807) is 6.20 Å². The van der Waals surface area contributed by atoms with E-state index >= 15 is 0 Å². The molecule has 1 saturated heterocycles. The van der Waals surface area contributed by atoms with Gasteiger partial charge in [0.25, 0.3) is 0 Å². The molecule has 122 valence electrons. The predicted molar refractivity (Wildman–Crippen MR) is 86.7 cm³/mol. The molecule has 1 aromatic heterocycles. The lowest BCUT2D eigenvalue weighted by atomic mass is 9.92. The predicted octanol–water partition coefficient (Wildman–Crippen LogP) is 1.62. The molecule has 1 aliphatic carbocycles. The van der Waals surface area contributed by atoms with Gasteiger partial charge in [-0.25, -0.2) is 13.1 Å². The van der Waals surface area contributed by atoms with Crippen LogP contribution in [0.5, 0.6) is 0 Å². The molecule has 2 atom stereocenters. The van der Waals surface area contributed by atoms with E-state index in [9.17, 15) is 8.42 Å².